The molecular weight excluding hydrogens is 292 g/mol. The van der Waals surface area contributed by atoms with Gasteiger partial charge in [-0.05, 0) is 18.6 Å². The van der Waals surface area contributed by atoms with E-state index in [1.165, 1.54) is 23.5 Å². The second kappa shape index (κ2) is 5.15. The van der Waals surface area contributed by atoms with Gasteiger partial charge in [0.05, 0.1) is 11.0 Å². The maximum atomic E-state index is 10.9. The van der Waals surface area contributed by atoms with Crippen molar-refractivity contribution in [2.45, 2.75) is 13.5 Å². The molecule has 0 amide bonds. The van der Waals surface area contributed by atoms with E-state index >= 15 is 0 Å². The Morgan fingerprint density at radius 2 is 2.33 bits per heavy atom. The summed E-state index contributed by atoms with van der Waals surface area (Å²) in [5.41, 5.74) is 7.25. The van der Waals surface area contributed by atoms with Crippen molar-refractivity contribution < 1.29 is 9.66 Å². The summed E-state index contributed by atoms with van der Waals surface area (Å²) in [6, 6.07) is 4.48. The Hall–Kier alpha value is -2.45. The van der Waals surface area contributed by atoms with Crippen LogP contribution in [-0.2, 0) is 6.54 Å². The summed E-state index contributed by atoms with van der Waals surface area (Å²) in [6.07, 6.45) is 1.86. The van der Waals surface area contributed by atoms with Crippen LogP contribution in [0.1, 0.15) is 11.3 Å². The molecule has 1 aromatic carbocycles. The van der Waals surface area contributed by atoms with E-state index < -0.39 is 4.92 Å². The monoisotopic (exact) mass is 304 g/mol. The van der Waals surface area contributed by atoms with Crippen molar-refractivity contribution in [2.24, 2.45) is 5.73 Å². The first kappa shape index (κ1) is 13.5. The molecule has 2 aromatic heterocycles. The van der Waals surface area contributed by atoms with Crippen molar-refractivity contribution >= 4 is 22.0 Å². The molecule has 0 aliphatic carbocycles. The van der Waals surface area contributed by atoms with Gasteiger partial charge in [-0.25, -0.2) is 0 Å². The minimum absolute atomic E-state index is 0.0223. The van der Waals surface area contributed by atoms with Crippen LogP contribution in [-0.4, -0.2) is 14.3 Å². The van der Waals surface area contributed by atoms with Crippen LogP contribution >= 0.6 is 11.3 Å². The van der Waals surface area contributed by atoms with E-state index in [1.807, 2.05) is 22.9 Å². The Kier molecular flexibility index (Phi) is 3.32. The normalized spacial score (nSPS) is 11.0. The van der Waals surface area contributed by atoms with Crippen molar-refractivity contribution in [3.05, 3.63) is 51.1 Å². The standard InChI is InChI=1S/C13H12N4O3S/c1-8-2-3-9(17(18)19)6-11(8)20-12-10(7-14)16-4-5-21-13(16)15-12/h2-6H,7,14H2,1H3. The SMILES string of the molecule is Cc1ccc([N+](=O)[O-])cc1Oc1nc2sccn2c1CN. The van der Waals surface area contributed by atoms with E-state index in [0.29, 0.717) is 11.6 Å². The molecule has 108 valence electrons. The van der Waals surface area contributed by atoms with Crippen LogP contribution in [0.25, 0.3) is 4.96 Å². The summed E-state index contributed by atoms with van der Waals surface area (Å²) in [7, 11) is 0. The predicted molar refractivity (Wildman–Crippen MR) is 78.9 cm³/mol. The van der Waals surface area contributed by atoms with Gasteiger partial charge in [0.2, 0.25) is 5.88 Å². The number of rotatable bonds is 4. The van der Waals surface area contributed by atoms with Crippen LogP contribution in [0.2, 0.25) is 0 Å². The Morgan fingerprint density at radius 3 is 3.05 bits per heavy atom. The molecule has 0 saturated heterocycles. The maximum absolute atomic E-state index is 10.9. The van der Waals surface area contributed by atoms with Gasteiger partial charge in [-0.3, -0.25) is 14.5 Å². The highest BCUT2D eigenvalue weighted by Gasteiger charge is 2.16. The third-order valence-corrected chi connectivity index (χ3v) is 3.86. The molecule has 0 bridgehead atoms. The van der Waals surface area contributed by atoms with E-state index in [1.54, 1.807) is 6.07 Å². The highest BCUT2D eigenvalue weighted by Crippen LogP contribution is 2.31. The minimum Gasteiger partial charge on any atom is -0.437 e. The molecule has 0 fully saturated rings. The largest absolute Gasteiger partial charge is 0.437 e. The number of nitrogens with zero attached hydrogens (tertiary/aromatic N) is 3. The molecule has 8 heteroatoms. The van der Waals surface area contributed by atoms with Gasteiger partial charge < -0.3 is 10.5 Å². The third kappa shape index (κ3) is 2.34. The number of nitro benzene ring substituents is 1. The predicted octanol–water partition coefficient (Wildman–Crippen LogP) is 2.86. The molecule has 3 aromatic rings. The third-order valence-electron chi connectivity index (χ3n) is 3.11. The highest BCUT2D eigenvalue weighted by molar-refractivity contribution is 7.15. The number of nitro groups is 1. The molecule has 0 saturated carbocycles. The van der Waals surface area contributed by atoms with E-state index in [9.17, 15) is 10.1 Å². The summed E-state index contributed by atoms with van der Waals surface area (Å²) in [4.78, 5) is 15.5. The lowest BCUT2D eigenvalue weighted by atomic mass is 10.2. The van der Waals surface area contributed by atoms with E-state index in [2.05, 4.69) is 4.98 Å². The van der Waals surface area contributed by atoms with Crippen LogP contribution in [0.5, 0.6) is 11.6 Å². The molecule has 0 aliphatic heterocycles. The topological polar surface area (TPSA) is 95.7 Å². The molecule has 0 atom stereocenters. The van der Waals surface area contributed by atoms with Gasteiger partial charge in [0.15, 0.2) is 4.96 Å². The summed E-state index contributed by atoms with van der Waals surface area (Å²) in [5, 5.41) is 12.8. The first-order chi connectivity index (χ1) is 10.1. The van der Waals surface area contributed by atoms with Crippen LogP contribution in [0, 0.1) is 17.0 Å². The fraction of sp³-hybridized carbons (Fsp3) is 0.154. The first-order valence-electron chi connectivity index (χ1n) is 6.17. The van der Waals surface area contributed by atoms with E-state index in [4.69, 9.17) is 10.5 Å². The lowest BCUT2D eigenvalue weighted by Gasteiger charge is -2.07. The zero-order chi connectivity index (χ0) is 15.0. The number of nitrogens with two attached hydrogens (primary N) is 1. The molecule has 0 aliphatic rings. The summed E-state index contributed by atoms with van der Waals surface area (Å²) in [6.45, 7) is 2.08. The average Bonchev–Trinajstić information content (AvgIpc) is 3.01. The number of ether oxygens (including phenoxy) is 1. The molecular formula is C13H12N4O3S. The van der Waals surface area contributed by atoms with Gasteiger partial charge in [0, 0.05) is 24.2 Å². The van der Waals surface area contributed by atoms with E-state index in [0.717, 1.165) is 16.2 Å². The number of hydrogen-bond acceptors (Lipinski definition) is 6. The van der Waals surface area contributed by atoms with Gasteiger partial charge in [-0.15, -0.1) is 11.3 Å². The fourth-order valence-corrected chi connectivity index (χ4v) is 2.72. The van der Waals surface area contributed by atoms with Crippen LogP contribution < -0.4 is 10.5 Å². The van der Waals surface area contributed by atoms with Crippen molar-refractivity contribution in [1.29, 1.82) is 0 Å². The van der Waals surface area contributed by atoms with Crippen molar-refractivity contribution in [2.75, 3.05) is 0 Å². The Bertz CT molecular complexity index is 824. The zero-order valence-electron chi connectivity index (χ0n) is 11.1. The van der Waals surface area contributed by atoms with Gasteiger partial charge in [-0.1, -0.05) is 0 Å². The van der Waals surface area contributed by atoms with Crippen molar-refractivity contribution in [3.8, 4) is 11.6 Å². The van der Waals surface area contributed by atoms with Gasteiger partial charge in [0.25, 0.3) is 5.69 Å². The smallest absolute Gasteiger partial charge is 0.273 e. The Balaban J connectivity index is 2.03. The number of imidazole rings is 1. The second-order valence-electron chi connectivity index (χ2n) is 4.43. The lowest BCUT2D eigenvalue weighted by molar-refractivity contribution is -0.384. The van der Waals surface area contributed by atoms with Gasteiger partial charge in [-0.2, -0.15) is 4.98 Å². The molecule has 3 rings (SSSR count). The quantitative estimate of drug-likeness (QED) is 0.590. The molecule has 0 spiro atoms. The Labute approximate surface area is 123 Å². The van der Waals surface area contributed by atoms with Crippen molar-refractivity contribution in [1.82, 2.24) is 9.38 Å². The number of aryl methyl sites for hydroxylation is 1. The Morgan fingerprint density at radius 1 is 1.52 bits per heavy atom. The molecule has 2 heterocycles. The summed E-state index contributed by atoms with van der Waals surface area (Å²) >= 11 is 1.47. The number of fused-ring (bicyclic) bond motifs is 1. The molecule has 0 unspecified atom stereocenters. The minimum atomic E-state index is -0.456. The van der Waals surface area contributed by atoms with Gasteiger partial charge in [0.1, 0.15) is 11.4 Å². The van der Waals surface area contributed by atoms with E-state index in [-0.39, 0.29) is 12.2 Å². The lowest BCUT2D eigenvalue weighted by Crippen LogP contribution is -2.02. The maximum Gasteiger partial charge on any atom is 0.273 e. The summed E-state index contributed by atoms with van der Waals surface area (Å²) < 4.78 is 7.61. The van der Waals surface area contributed by atoms with Crippen molar-refractivity contribution in [3.63, 3.8) is 0 Å². The van der Waals surface area contributed by atoms with Crippen LogP contribution in [0.15, 0.2) is 29.8 Å². The average molecular weight is 304 g/mol. The second-order valence-corrected chi connectivity index (χ2v) is 5.31. The number of non-ortho nitro benzene ring substituents is 1. The highest BCUT2D eigenvalue weighted by atomic mass is 32.1. The van der Waals surface area contributed by atoms with Crippen LogP contribution in [0.4, 0.5) is 5.69 Å². The summed E-state index contributed by atoms with van der Waals surface area (Å²) in [5.74, 6) is 0.789. The van der Waals surface area contributed by atoms with Gasteiger partial charge >= 0.3 is 0 Å². The molecule has 0 radical (unpaired) electrons. The number of benzene rings is 1. The number of aromatic nitrogens is 2. The van der Waals surface area contributed by atoms with Crippen LogP contribution in [0.3, 0.4) is 0 Å². The molecule has 21 heavy (non-hydrogen) atoms. The number of hydrogen-bond donors (Lipinski definition) is 1. The fourth-order valence-electron chi connectivity index (χ4n) is 2.00. The number of thiazole rings is 1. The first-order valence-corrected chi connectivity index (χ1v) is 7.05. The molecule has 2 N–H and O–H groups in total. The zero-order valence-corrected chi connectivity index (χ0v) is 12.0. The molecule has 7 nitrogen and oxygen atoms in total.